The topological polar surface area (TPSA) is 108 Å². The molecule has 0 aliphatic rings. The van der Waals surface area contributed by atoms with Crippen LogP contribution in [0.4, 0.5) is 5.69 Å². The first-order valence-corrected chi connectivity index (χ1v) is 8.44. The Labute approximate surface area is 159 Å². The van der Waals surface area contributed by atoms with Crippen molar-refractivity contribution >= 4 is 28.5 Å². The van der Waals surface area contributed by atoms with E-state index in [2.05, 4.69) is 5.32 Å². The summed E-state index contributed by atoms with van der Waals surface area (Å²) in [6, 6.07) is 17.7. The summed E-state index contributed by atoms with van der Waals surface area (Å²) in [6.07, 6.45) is 0. The Morgan fingerprint density at radius 3 is 2.50 bits per heavy atom. The Kier molecular flexibility index (Phi) is 4.33. The summed E-state index contributed by atoms with van der Waals surface area (Å²) in [7, 11) is 1.52. The van der Waals surface area contributed by atoms with Crippen LogP contribution in [0, 0.1) is 0 Å². The number of hydrogen-bond acceptors (Lipinski definition) is 5. The van der Waals surface area contributed by atoms with Crippen LogP contribution in [0.2, 0.25) is 0 Å². The first-order chi connectivity index (χ1) is 13.6. The van der Waals surface area contributed by atoms with Crippen molar-refractivity contribution in [3.63, 3.8) is 0 Å². The van der Waals surface area contributed by atoms with E-state index in [-0.39, 0.29) is 17.2 Å². The summed E-state index contributed by atoms with van der Waals surface area (Å²) in [5.41, 5.74) is 6.81. The van der Waals surface area contributed by atoms with Crippen molar-refractivity contribution in [1.29, 1.82) is 0 Å². The van der Waals surface area contributed by atoms with Gasteiger partial charge in [0.2, 0.25) is 5.76 Å². The highest BCUT2D eigenvalue weighted by atomic mass is 16.5. The van der Waals surface area contributed by atoms with Gasteiger partial charge in [-0.05, 0) is 24.3 Å². The fourth-order valence-corrected chi connectivity index (χ4v) is 2.89. The molecule has 140 valence electrons. The Bertz CT molecular complexity index is 1170. The van der Waals surface area contributed by atoms with Crippen molar-refractivity contribution in [3.05, 3.63) is 72.2 Å². The Morgan fingerprint density at radius 1 is 1.00 bits per heavy atom. The predicted molar refractivity (Wildman–Crippen MR) is 103 cm³/mol. The van der Waals surface area contributed by atoms with E-state index in [1.165, 1.54) is 7.11 Å². The van der Waals surface area contributed by atoms with Crippen molar-refractivity contribution in [2.24, 2.45) is 5.73 Å². The zero-order chi connectivity index (χ0) is 19.7. The molecule has 3 N–H and O–H groups in total. The summed E-state index contributed by atoms with van der Waals surface area (Å²) in [5.74, 6) is -0.266. The maximum atomic E-state index is 12.7. The Balaban J connectivity index is 1.68. The van der Waals surface area contributed by atoms with Crippen molar-refractivity contribution in [1.82, 2.24) is 0 Å². The third-order valence-corrected chi connectivity index (χ3v) is 4.25. The summed E-state index contributed by atoms with van der Waals surface area (Å²) >= 11 is 0. The van der Waals surface area contributed by atoms with Gasteiger partial charge in [0.25, 0.3) is 11.8 Å². The fourth-order valence-electron chi connectivity index (χ4n) is 2.89. The van der Waals surface area contributed by atoms with E-state index in [0.717, 1.165) is 5.56 Å². The molecule has 0 unspecified atom stereocenters. The molecule has 0 spiro atoms. The Hall–Kier alpha value is -4.00. The number of carbonyl (C=O) groups is 2. The van der Waals surface area contributed by atoms with Crippen LogP contribution in [0.15, 0.2) is 69.5 Å². The number of nitrogens with one attached hydrogen (secondary N) is 1. The molecule has 2 amide bonds. The summed E-state index contributed by atoms with van der Waals surface area (Å²) in [6.45, 7) is 0. The molecule has 0 radical (unpaired) electrons. The van der Waals surface area contributed by atoms with Crippen molar-refractivity contribution in [2.75, 3.05) is 12.4 Å². The monoisotopic (exact) mass is 376 g/mol. The lowest BCUT2D eigenvalue weighted by molar-refractivity contribution is 0.0977. The molecule has 0 aliphatic carbocycles. The zero-order valence-electron chi connectivity index (χ0n) is 14.9. The molecule has 4 aromatic rings. The van der Waals surface area contributed by atoms with Gasteiger partial charge in [-0.15, -0.1) is 0 Å². The molecule has 0 aliphatic heterocycles. The van der Waals surface area contributed by atoms with Crippen LogP contribution in [0.5, 0.6) is 5.75 Å². The second-order valence-electron chi connectivity index (χ2n) is 6.02. The van der Waals surface area contributed by atoms with E-state index < -0.39 is 11.8 Å². The van der Waals surface area contributed by atoms with Gasteiger partial charge in [-0.25, -0.2) is 0 Å². The highest BCUT2D eigenvalue weighted by molar-refractivity contribution is 6.13. The molecule has 2 heterocycles. The van der Waals surface area contributed by atoms with Crippen molar-refractivity contribution < 1.29 is 23.2 Å². The number of rotatable bonds is 5. The number of fused-ring (bicyclic) bond motifs is 1. The average molecular weight is 376 g/mol. The third kappa shape index (κ3) is 3.09. The maximum Gasteiger partial charge on any atom is 0.291 e. The standard InChI is InChI=1S/C21H16N2O5/c1-26-13-7-8-14-17(11-13)28-19(20(22)24)18(14)23-21(25)16-10-9-15(27-16)12-5-3-2-4-6-12/h2-11H,1H3,(H2,22,24)(H,23,25). The number of anilines is 1. The molecule has 28 heavy (non-hydrogen) atoms. The Morgan fingerprint density at radius 2 is 1.79 bits per heavy atom. The number of hydrogen-bond donors (Lipinski definition) is 2. The van der Waals surface area contributed by atoms with E-state index in [4.69, 9.17) is 19.3 Å². The number of ether oxygens (including phenoxy) is 1. The molecule has 2 aromatic carbocycles. The smallest absolute Gasteiger partial charge is 0.291 e. The quantitative estimate of drug-likeness (QED) is 0.546. The van der Waals surface area contributed by atoms with Gasteiger partial charge in [0, 0.05) is 17.0 Å². The summed E-state index contributed by atoms with van der Waals surface area (Å²) in [4.78, 5) is 24.5. The van der Waals surface area contributed by atoms with Crippen molar-refractivity contribution in [3.8, 4) is 17.1 Å². The van der Waals surface area contributed by atoms with Crippen LogP contribution in [-0.2, 0) is 0 Å². The lowest BCUT2D eigenvalue weighted by Gasteiger charge is -2.03. The number of primary amides is 1. The van der Waals surface area contributed by atoms with Crippen LogP contribution in [0.1, 0.15) is 21.1 Å². The maximum absolute atomic E-state index is 12.7. The molecule has 0 saturated carbocycles. The summed E-state index contributed by atoms with van der Waals surface area (Å²) in [5, 5.41) is 3.19. The van der Waals surface area contributed by atoms with Gasteiger partial charge in [0.15, 0.2) is 5.76 Å². The van der Waals surface area contributed by atoms with Gasteiger partial charge >= 0.3 is 0 Å². The van der Waals surface area contributed by atoms with E-state index in [9.17, 15) is 9.59 Å². The number of carbonyl (C=O) groups excluding carboxylic acids is 2. The molecular weight excluding hydrogens is 360 g/mol. The van der Waals surface area contributed by atoms with Crippen LogP contribution in [0.3, 0.4) is 0 Å². The molecule has 0 fully saturated rings. The van der Waals surface area contributed by atoms with E-state index >= 15 is 0 Å². The minimum atomic E-state index is -0.796. The first-order valence-electron chi connectivity index (χ1n) is 8.44. The van der Waals surface area contributed by atoms with Gasteiger partial charge in [-0.3, -0.25) is 9.59 Å². The molecule has 4 rings (SSSR count). The van der Waals surface area contributed by atoms with Crippen molar-refractivity contribution in [2.45, 2.75) is 0 Å². The molecular formula is C21H16N2O5. The largest absolute Gasteiger partial charge is 0.497 e. The second kappa shape index (κ2) is 6.96. The highest BCUT2D eigenvalue weighted by Crippen LogP contribution is 2.33. The number of furan rings is 2. The minimum Gasteiger partial charge on any atom is -0.497 e. The number of amides is 2. The van der Waals surface area contributed by atoms with Gasteiger partial charge < -0.3 is 24.6 Å². The minimum absolute atomic E-state index is 0.0946. The van der Waals surface area contributed by atoms with Crippen LogP contribution in [-0.4, -0.2) is 18.9 Å². The molecule has 0 atom stereocenters. The van der Waals surface area contributed by atoms with Crippen LogP contribution < -0.4 is 15.8 Å². The molecule has 0 bridgehead atoms. The van der Waals surface area contributed by atoms with E-state index in [1.54, 1.807) is 30.3 Å². The molecule has 7 nitrogen and oxygen atoms in total. The molecule has 2 aromatic heterocycles. The molecule has 7 heteroatoms. The second-order valence-corrected chi connectivity index (χ2v) is 6.02. The number of methoxy groups -OCH3 is 1. The average Bonchev–Trinajstić information content (AvgIpc) is 3.34. The molecule has 0 saturated heterocycles. The van der Waals surface area contributed by atoms with E-state index in [0.29, 0.717) is 22.5 Å². The zero-order valence-corrected chi connectivity index (χ0v) is 14.9. The summed E-state index contributed by atoms with van der Waals surface area (Å²) < 4.78 is 16.3. The van der Waals surface area contributed by atoms with Gasteiger partial charge in [0.1, 0.15) is 22.8 Å². The van der Waals surface area contributed by atoms with Crippen LogP contribution >= 0.6 is 0 Å². The first kappa shape index (κ1) is 17.4. The SMILES string of the molecule is COc1ccc2c(NC(=O)c3ccc(-c4ccccc4)o3)c(C(N)=O)oc2c1. The third-order valence-electron chi connectivity index (χ3n) is 4.25. The van der Waals surface area contributed by atoms with Gasteiger partial charge in [-0.1, -0.05) is 30.3 Å². The van der Waals surface area contributed by atoms with Crippen LogP contribution in [0.25, 0.3) is 22.3 Å². The fraction of sp³-hybridized carbons (Fsp3) is 0.0476. The normalized spacial score (nSPS) is 10.8. The lowest BCUT2D eigenvalue weighted by Crippen LogP contribution is -2.16. The number of benzene rings is 2. The lowest BCUT2D eigenvalue weighted by atomic mass is 10.2. The predicted octanol–water partition coefficient (Wildman–Crippen LogP) is 4.05. The van der Waals surface area contributed by atoms with E-state index in [1.807, 2.05) is 30.3 Å². The van der Waals surface area contributed by atoms with Gasteiger partial charge in [0.05, 0.1) is 7.11 Å². The van der Waals surface area contributed by atoms with Gasteiger partial charge in [-0.2, -0.15) is 0 Å². The number of nitrogens with two attached hydrogens (primary N) is 1. The highest BCUT2D eigenvalue weighted by Gasteiger charge is 2.22.